The van der Waals surface area contributed by atoms with Gasteiger partial charge in [-0.25, -0.2) is 4.79 Å². The van der Waals surface area contributed by atoms with Crippen molar-refractivity contribution in [3.8, 4) is 0 Å². The highest BCUT2D eigenvalue weighted by molar-refractivity contribution is 5.99. The van der Waals surface area contributed by atoms with Crippen LogP contribution in [-0.2, 0) is 71.9 Å². The van der Waals surface area contributed by atoms with Crippen molar-refractivity contribution in [1.82, 2.24) is 47.9 Å². The van der Waals surface area contributed by atoms with Gasteiger partial charge in [-0.05, 0) is 82.1 Å². The number of carbonyl (C=O) groups is 15. The van der Waals surface area contributed by atoms with Gasteiger partial charge in [-0.15, -0.1) is 0 Å². The smallest absolute Gasteiger partial charge is 0.326 e. The first-order valence-corrected chi connectivity index (χ1v) is 27.4. The number of amides is 10. The molecule has 0 aliphatic heterocycles. The van der Waals surface area contributed by atoms with Gasteiger partial charge in [0, 0.05) is 25.7 Å². The van der Waals surface area contributed by atoms with Gasteiger partial charge in [0.1, 0.15) is 54.4 Å². The number of rotatable bonds is 44. The fourth-order valence-corrected chi connectivity index (χ4v) is 7.90. The molecule has 0 aromatic carbocycles. The van der Waals surface area contributed by atoms with Crippen LogP contribution >= 0.6 is 0 Å². The summed E-state index contributed by atoms with van der Waals surface area (Å²) in [6.07, 6.45) is -5.20. The second-order valence-corrected chi connectivity index (χ2v) is 20.9. The fraction of sp³-hybridized carbons (Fsp3) is 0.706. The second kappa shape index (κ2) is 39.4. The molecule has 84 heavy (non-hydrogen) atoms. The predicted octanol–water partition coefficient (Wildman–Crippen LogP) is -4.64. The largest absolute Gasteiger partial charge is 0.481 e. The van der Waals surface area contributed by atoms with Crippen molar-refractivity contribution in [1.29, 1.82) is 0 Å². The van der Waals surface area contributed by atoms with E-state index in [0.717, 1.165) is 0 Å². The number of carboxylic acids is 5. The average Bonchev–Trinajstić information content (AvgIpc) is 3.58. The molecule has 0 aromatic heterocycles. The first-order chi connectivity index (χ1) is 39.2. The summed E-state index contributed by atoms with van der Waals surface area (Å²) in [6, 6.07) is -16.5. The Morgan fingerprint density at radius 2 is 0.762 bits per heavy atom. The molecular formula is C51H86N12O21. The van der Waals surface area contributed by atoms with Crippen molar-refractivity contribution in [2.75, 3.05) is 13.2 Å². The summed E-state index contributed by atoms with van der Waals surface area (Å²) < 4.78 is 0. The molecule has 10 amide bonds. The number of hydrogen-bond acceptors (Lipinski definition) is 18. The quantitative estimate of drug-likeness (QED) is 0.0255. The summed E-state index contributed by atoms with van der Waals surface area (Å²) in [5.41, 5.74) is 16.8. The maximum Gasteiger partial charge on any atom is 0.326 e. The third-order valence-corrected chi connectivity index (χ3v) is 12.7. The predicted molar refractivity (Wildman–Crippen MR) is 293 cm³/mol. The van der Waals surface area contributed by atoms with Crippen LogP contribution in [-0.4, -0.2) is 193 Å². The highest BCUT2D eigenvalue weighted by Gasteiger charge is 2.37. The van der Waals surface area contributed by atoms with E-state index < -0.39 is 207 Å². The van der Waals surface area contributed by atoms with Crippen molar-refractivity contribution in [3.05, 3.63) is 0 Å². The van der Waals surface area contributed by atoms with E-state index in [1.54, 1.807) is 34.6 Å². The molecule has 476 valence electrons. The number of aliphatic hydroxyl groups is 1. The van der Waals surface area contributed by atoms with Gasteiger partial charge < -0.3 is 95.7 Å². The number of carboxylic acid groups (broad SMARTS) is 5. The van der Waals surface area contributed by atoms with Crippen LogP contribution in [0.25, 0.3) is 0 Å². The minimum Gasteiger partial charge on any atom is -0.481 e. The molecule has 11 unspecified atom stereocenters. The lowest BCUT2D eigenvalue weighted by atomic mass is 9.96. The molecule has 11 atom stereocenters. The maximum absolute atomic E-state index is 14.2. The number of aliphatic carboxylic acids is 5. The Kier molecular flexibility index (Phi) is 35.6. The van der Waals surface area contributed by atoms with Crippen LogP contribution in [0.1, 0.15) is 138 Å². The van der Waals surface area contributed by atoms with E-state index in [2.05, 4.69) is 47.9 Å². The standard InChI is InChI=1S/C51H86N12O21/c1-7-26(6)41(63-48(80)32(20-24(2)3)59-43(75)28(10-8-9-19-52)56-44(76)29(12-15-36(54)65)55-42(74)27(53)11-16-37(66)67)50(82)62-35(23-64)49(81)58-30(13-17-38(68)69)45(77)57-31(14-18-39(70)71)46(78)60-33(22-40(72)73)47(79)61-34(51(83)84)21-25(4)5/h24-35,41,64H,7-23,52-53H2,1-6H3,(H2,54,65)(H,55,74)(H,56,76)(H,57,77)(H,58,81)(H,59,75)(H,60,78)(H,61,79)(H,62,82)(H,63,80)(H,66,67)(H,68,69)(H,70,71)(H,72,73)(H,83,84). The third-order valence-electron chi connectivity index (χ3n) is 12.7. The molecule has 0 fully saturated rings. The van der Waals surface area contributed by atoms with Crippen LogP contribution in [0.15, 0.2) is 0 Å². The van der Waals surface area contributed by atoms with Crippen molar-refractivity contribution in [3.63, 3.8) is 0 Å². The minimum atomic E-state index is -1.98. The number of aliphatic hydroxyl groups excluding tert-OH is 1. The number of primary amides is 1. The van der Waals surface area contributed by atoms with Gasteiger partial charge in [0.25, 0.3) is 0 Å². The van der Waals surface area contributed by atoms with E-state index >= 15 is 0 Å². The molecule has 0 rings (SSSR count). The van der Waals surface area contributed by atoms with E-state index in [1.807, 2.05) is 0 Å². The fourth-order valence-electron chi connectivity index (χ4n) is 7.90. The van der Waals surface area contributed by atoms with Gasteiger partial charge in [-0.3, -0.25) is 67.1 Å². The Morgan fingerprint density at radius 3 is 1.17 bits per heavy atom. The molecule has 0 spiro atoms. The van der Waals surface area contributed by atoms with Crippen molar-refractivity contribution in [2.45, 2.75) is 198 Å². The Labute approximate surface area is 484 Å². The van der Waals surface area contributed by atoms with E-state index in [4.69, 9.17) is 22.3 Å². The van der Waals surface area contributed by atoms with Crippen molar-refractivity contribution >= 4 is 88.9 Å². The monoisotopic (exact) mass is 1200 g/mol. The minimum absolute atomic E-state index is 0.0624. The lowest BCUT2D eigenvalue weighted by Gasteiger charge is -2.30. The SMILES string of the molecule is CCC(C)C(NC(=O)C(CC(C)C)NC(=O)C(CCCCN)NC(=O)C(CCC(N)=O)NC(=O)C(N)CCC(=O)O)C(=O)NC(CO)C(=O)NC(CCC(=O)O)C(=O)NC(CCC(=O)O)C(=O)NC(CC(=O)O)C(=O)NC(CC(C)C)C(=O)O. The van der Waals surface area contributed by atoms with Gasteiger partial charge in [-0.1, -0.05) is 48.0 Å². The third kappa shape index (κ3) is 30.8. The lowest BCUT2D eigenvalue weighted by molar-refractivity contribution is -0.144. The Bertz CT molecular complexity index is 2300. The molecular weight excluding hydrogens is 1120 g/mol. The summed E-state index contributed by atoms with van der Waals surface area (Å²) >= 11 is 0. The van der Waals surface area contributed by atoms with Crippen molar-refractivity contribution < 1.29 is 103 Å². The molecule has 0 bridgehead atoms. The van der Waals surface area contributed by atoms with Crippen LogP contribution in [0.2, 0.25) is 0 Å². The molecule has 0 saturated heterocycles. The molecule has 0 aliphatic rings. The molecule has 0 heterocycles. The van der Waals surface area contributed by atoms with Gasteiger partial charge in [0.2, 0.25) is 59.1 Å². The number of unbranched alkanes of at least 4 members (excludes halogenated alkanes) is 1. The number of carbonyl (C=O) groups excluding carboxylic acids is 10. The Balaban J connectivity index is 6.82. The van der Waals surface area contributed by atoms with Crippen LogP contribution in [0.3, 0.4) is 0 Å². The lowest BCUT2D eigenvalue weighted by Crippen LogP contribution is -2.62. The summed E-state index contributed by atoms with van der Waals surface area (Å²) in [5, 5.41) is 78.2. The zero-order chi connectivity index (χ0) is 64.6. The zero-order valence-electron chi connectivity index (χ0n) is 48.1. The Hall–Kier alpha value is -8.07. The van der Waals surface area contributed by atoms with Crippen LogP contribution < -0.4 is 65.1 Å². The number of nitrogens with two attached hydrogens (primary N) is 3. The van der Waals surface area contributed by atoms with Crippen LogP contribution in [0.5, 0.6) is 0 Å². The Morgan fingerprint density at radius 1 is 0.405 bits per heavy atom. The van der Waals surface area contributed by atoms with Crippen LogP contribution in [0.4, 0.5) is 0 Å². The van der Waals surface area contributed by atoms with E-state index in [1.165, 1.54) is 6.92 Å². The normalized spacial score (nSPS) is 15.0. The van der Waals surface area contributed by atoms with Gasteiger partial charge in [-0.2, -0.15) is 0 Å². The van der Waals surface area contributed by atoms with E-state index in [0.29, 0.717) is 6.42 Å². The first kappa shape index (κ1) is 75.9. The van der Waals surface area contributed by atoms with E-state index in [9.17, 15) is 97.5 Å². The first-order valence-electron chi connectivity index (χ1n) is 27.4. The highest BCUT2D eigenvalue weighted by Crippen LogP contribution is 2.14. The molecule has 21 N–H and O–H groups in total. The summed E-state index contributed by atoms with van der Waals surface area (Å²) in [5.74, 6) is -19.7. The summed E-state index contributed by atoms with van der Waals surface area (Å²) in [7, 11) is 0. The molecule has 0 saturated carbocycles. The van der Waals surface area contributed by atoms with Crippen molar-refractivity contribution in [2.24, 2.45) is 35.0 Å². The maximum atomic E-state index is 14.2. The second-order valence-electron chi connectivity index (χ2n) is 20.9. The summed E-state index contributed by atoms with van der Waals surface area (Å²) in [4.78, 5) is 193. The van der Waals surface area contributed by atoms with Gasteiger partial charge >= 0.3 is 29.8 Å². The summed E-state index contributed by atoms with van der Waals surface area (Å²) in [6.45, 7) is 8.84. The average molecular weight is 1200 g/mol. The van der Waals surface area contributed by atoms with Gasteiger partial charge in [0.15, 0.2) is 0 Å². The van der Waals surface area contributed by atoms with Gasteiger partial charge in [0.05, 0.1) is 19.1 Å². The number of nitrogens with one attached hydrogen (secondary N) is 9. The topological polar surface area (TPSA) is 564 Å². The number of hydrogen-bond donors (Lipinski definition) is 18. The van der Waals surface area contributed by atoms with Crippen LogP contribution in [0, 0.1) is 17.8 Å². The molecule has 33 heteroatoms. The zero-order valence-corrected chi connectivity index (χ0v) is 48.1. The molecule has 33 nitrogen and oxygen atoms in total. The molecule has 0 radical (unpaired) electrons. The molecule has 0 aromatic rings. The van der Waals surface area contributed by atoms with E-state index in [-0.39, 0.29) is 63.3 Å². The highest BCUT2D eigenvalue weighted by atomic mass is 16.4. The molecule has 0 aliphatic carbocycles.